The predicted molar refractivity (Wildman–Crippen MR) is 90.5 cm³/mol. The van der Waals surface area contributed by atoms with Crippen molar-refractivity contribution < 1.29 is 9.53 Å². The minimum absolute atomic E-state index is 0.136. The number of pyridine rings is 1. The first kappa shape index (κ1) is 16.4. The lowest BCUT2D eigenvalue weighted by molar-refractivity contribution is 0.0526. The van der Waals surface area contributed by atoms with Gasteiger partial charge in [-0.1, -0.05) is 12.1 Å². The summed E-state index contributed by atoms with van der Waals surface area (Å²) in [5.41, 5.74) is 1.65. The first-order valence-corrected chi connectivity index (χ1v) is 8.40. The van der Waals surface area contributed by atoms with E-state index in [1.165, 1.54) is 16.7 Å². The first-order chi connectivity index (χ1) is 10.6. The van der Waals surface area contributed by atoms with Crippen LogP contribution in [-0.2, 0) is 4.74 Å². The largest absolute Gasteiger partial charge is 0.462 e. The number of anilines is 1. The third-order valence-corrected chi connectivity index (χ3v) is 4.00. The number of carbonyl (C=O) groups excluding carboxylic acids is 1. The van der Waals surface area contributed by atoms with Crippen LogP contribution in [0.15, 0.2) is 47.5 Å². The fourth-order valence-corrected chi connectivity index (χ4v) is 2.42. The normalized spacial score (nSPS) is 11.8. The molecule has 2 rings (SSSR count). The van der Waals surface area contributed by atoms with Gasteiger partial charge < -0.3 is 10.1 Å². The Morgan fingerprint density at radius 1 is 1.27 bits per heavy atom. The van der Waals surface area contributed by atoms with Gasteiger partial charge in [-0.05, 0) is 49.9 Å². The van der Waals surface area contributed by atoms with Crippen molar-refractivity contribution in [2.24, 2.45) is 0 Å². The summed E-state index contributed by atoms with van der Waals surface area (Å²) in [6.45, 7) is 4.22. The third kappa shape index (κ3) is 4.24. The summed E-state index contributed by atoms with van der Waals surface area (Å²) in [5, 5.41) is 3.32. The van der Waals surface area contributed by atoms with Gasteiger partial charge in [-0.25, -0.2) is 9.78 Å². The van der Waals surface area contributed by atoms with Crippen LogP contribution in [0.3, 0.4) is 0 Å². The van der Waals surface area contributed by atoms with Crippen molar-refractivity contribution in [3.05, 3.63) is 53.7 Å². The molecule has 1 N–H and O–H groups in total. The molecule has 0 spiro atoms. The Kier molecular flexibility index (Phi) is 5.83. The van der Waals surface area contributed by atoms with E-state index in [0.717, 1.165) is 5.82 Å². The Morgan fingerprint density at radius 3 is 2.55 bits per heavy atom. The van der Waals surface area contributed by atoms with Crippen molar-refractivity contribution in [1.29, 1.82) is 0 Å². The number of nitrogens with zero attached hydrogens (tertiary/aromatic N) is 1. The molecule has 5 heteroatoms. The fraction of sp³-hybridized carbons (Fsp3) is 0.294. The molecule has 0 fully saturated rings. The number of benzene rings is 1. The molecule has 0 saturated heterocycles. The maximum Gasteiger partial charge on any atom is 0.339 e. The van der Waals surface area contributed by atoms with Gasteiger partial charge in [0.05, 0.1) is 12.2 Å². The van der Waals surface area contributed by atoms with Crippen molar-refractivity contribution in [2.75, 3.05) is 18.2 Å². The van der Waals surface area contributed by atoms with E-state index >= 15 is 0 Å². The Morgan fingerprint density at radius 2 is 2.00 bits per heavy atom. The molecule has 2 aromatic rings. The second kappa shape index (κ2) is 7.84. The lowest BCUT2D eigenvalue weighted by atomic mass is 10.1. The number of ether oxygens (including phenoxy) is 1. The van der Waals surface area contributed by atoms with Crippen LogP contribution in [0.2, 0.25) is 0 Å². The summed E-state index contributed by atoms with van der Waals surface area (Å²) >= 11 is 1.72. The number of hydrogen-bond acceptors (Lipinski definition) is 5. The van der Waals surface area contributed by atoms with Crippen molar-refractivity contribution in [2.45, 2.75) is 24.8 Å². The van der Waals surface area contributed by atoms with Gasteiger partial charge in [0.25, 0.3) is 0 Å². The standard InChI is InChI=1S/C17H20N2O2S/c1-4-21-17(20)14-7-10-16(18-11-14)19-12(2)13-5-8-15(22-3)9-6-13/h5-12H,4H2,1-3H3,(H,18,19)/t12-/m1/s1. The van der Waals surface area contributed by atoms with Crippen LogP contribution in [0.1, 0.15) is 35.8 Å². The average molecular weight is 316 g/mol. The van der Waals surface area contributed by atoms with E-state index in [9.17, 15) is 4.79 Å². The van der Waals surface area contributed by atoms with Gasteiger partial charge in [0.1, 0.15) is 5.82 Å². The van der Waals surface area contributed by atoms with E-state index in [1.54, 1.807) is 30.8 Å². The molecule has 1 aromatic carbocycles. The maximum absolute atomic E-state index is 11.6. The summed E-state index contributed by atoms with van der Waals surface area (Å²) in [5.74, 6) is 0.386. The average Bonchev–Trinajstić information content (AvgIpc) is 2.55. The monoisotopic (exact) mass is 316 g/mol. The summed E-state index contributed by atoms with van der Waals surface area (Å²) < 4.78 is 4.94. The van der Waals surface area contributed by atoms with E-state index in [0.29, 0.717) is 12.2 Å². The van der Waals surface area contributed by atoms with Crippen LogP contribution < -0.4 is 5.32 Å². The highest BCUT2D eigenvalue weighted by atomic mass is 32.2. The smallest absolute Gasteiger partial charge is 0.339 e. The van der Waals surface area contributed by atoms with Crippen molar-refractivity contribution in [1.82, 2.24) is 4.98 Å². The highest BCUT2D eigenvalue weighted by Crippen LogP contribution is 2.21. The minimum atomic E-state index is -0.345. The molecule has 0 unspecified atom stereocenters. The molecule has 22 heavy (non-hydrogen) atoms. The topological polar surface area (TPSA) is 51.2 Å². The quantitative estimate of drug-likeness (QED) is 0.641. The Bertz CT molecular complexity index is 612. The Balaban J connectivity index is 2.01. The molecule has 0 radical (unpaired) electrons. The molecule has 4 nitrogen and oxygen atoms in total. The van der Waals surface area contributed by atoms with E-state index in [4.69, 9.17) is 4.74 Å². The Hall–Kier alpha value is -2.01. The number of thioether (sulfide) groups is 1. The predicted octanol–water partition coefficient (Wildman–Crippen LogP) is 4.15. The Labute approximate surface area is 135 Å². The molecule has 0 aliphatic heterocycles. The number of rotatable bonds is 6. The molecular weight excluding hydrogens is 296 g/mol. The van der Waals surface area contributed by atoms with Crippen molar-refractivity contribution in [3.63, 3.8) is 0 Å². The second-order valence-electron chi connectivity index (χ2n) is 4.79. The van der Waals surface area contributed by atoms with E-state index in [-0.39, 0.29) is 12.0 Å². The van der Waals surface area contributed by atoms with E-state index in [1.807, 2.05) is 0 Å². The summed E-state index contributed by atoms with van der Waals surface area (Å²) in [4.78, 5) is 17.1. The van der Waals surface area contributed by atoms with Crippen molar-refractivity contribution in [3.8, 4) is 0 Å². The zero-order valence-electron chi connectivity index (χ0n) is 13.0. The molecular formula is C17H20N2O2S. The molecule has 1 aromatic heterocycles. The number of aromatic nitrogens is 1. The second-order valence-corrected chi connectivity index (χ2v) is 5.67. The number of hydrogen-bond donors (Lipinski definition) is 1. The number of nitrogens with one attached hydrogen (secondary N) is 1. The molecule has 1 heterocycles. The van der Waals surface area contributed by atoms with Crippen LogP contribution in [0, 0.1) is 0 Å². The molecule has 0 aliphatic rings. The van der Waals surface area contributed by atoms with Gasteiger partial charge in [0.2, 0.25) is 0 Å². The highest BCUT2D eigenvalue weighted by molar-refractivity contribution is 7.98. The van der Waals surface area contributed by atoms with Gasteiger partial charge in [0, 0.05) is 17.1 Å². The van der Waals surface area contributed by atoms with Gasteiger partial charge in [-0.3, -0.25) is 0 Å². The molecule has 0 amide bonds. The summed E-state index contributed by atoms with van der Waals surface area (Å²) in [6, 6.07) is 12.1. The third-order valence-electron chi connectivity index (χ3n) is 3.25. The zero-order chi connectivity index (χ0) is 15.9. The SMILES string of the molecule is CCOC(=O)c1ccc(N[C@H](C)c2ccc(SC)cc2)nc1. The summed E-state index contributed by atoms with van der Waals surface area (Å²) in [7, 11) is 0. The van der Waals surface area contributed by atoms with Crippen LogP contribution in [0.5, 0.6) is 0 Å². The van der Waals surface area contributed by atoms with E-state index in [2.05, 4.69) is 47.7 Å². The highest BCUT2D eigenvalue weighted by Gasteiger charge is 2.09. The molecule has 0 saturated carbocycles. The molecule has 116 valence electrons. The maximum atomic E-state index is 11.6. The zero-order valence-corrected chi connectivity index (χ0v) is 13.8. The summed E-state index contributed by atoms with van der Waals surface area (Å²) in [6.07, 6.45) is 3.59. The van der Waals surface area contributed by atoms with Crippen LogP contribution in [0.25, 0.3) is 0 Å². The van der Waals surface area contributed by atoms with Crippen LogP contribution in [0.4, 0.5) is 5.82 Å². The fourth-order valence-electron chi connectivity index (χ4n) is 2.01. The lowest BCUT2D eigenvalue weighted by Gasteiger charge is -2.15. The molecule has 0 aliphatic carbocycles. The minimum Gasteiger partial charge on any atom is -0.462 e. The van der Waals surface area contributed by atoms with E-state index < -0.39 is 0 Å². The van der Waals surface area contributed by atoms with Crippen LogP contribution >= 0.6 is 11.8 Å². The number of esters is 1. The van der Waals surface area contributed by atoms with Crippen molar-refractivity contribution >= 4 is 23.5 Å². The number of carbonyl (C=O) groups is 1. The van der Waals surface area contributed by atoms with Gasteiger partial charge in [-0.15, -0.1) is 11.8 Å². The lowest BCUT2D eigenvalue weighted by Crippen LogP contribution is -2.09. The van der Waals surface area contributed by atoms with Gasteiger partial charge >= 0.3 is 5.97 Å². The van der Waals surface area contributed by atoms with Crippen LogP contribution in [-0.4, -0.2) is 23.8 Å². The molecule has 0 bridgehead atoms. The van der Waals surface area contributed by atoms with Gasteiger partial charge in [-0.2, -0.15) is 0 Å². The molecule has 1 atom stereocenters. The van der Waals surface area contributed by atoms with Gasteiger partial charge in [0.15, 0.2) is 0 Å². The first-order valence-electron chi connectivity index (χ1n) is 7.17.